The van der Waals surface area contributed by atoms with Crippen LogP contribution < -0.4 is 8.37 Å². The molecule has 0 aliphatic rings. The second-order valence-electron chi connectivity index (χ2n) is 3.32. The predicted molar refractivity (Wildman–Crippen MR) is 67.0 cm³/mol. The van der Waals surface area contributed by atoms with Crippen LogP contribution in [0.15, 0.2) is 54.6 Å². The smallest absolute Gasteiger partial charge is 0.371 e. The first kappa shape index (κ1) is 12.1. The molecule has 0 bridgehead atoms. The molecule has 0 radical (unpaired) electrons. The highest BCUT2D eigenvalue weighted by molar-refractivity contribution is 7.75. The first-order valence-electron chi connectivity index (χ1n) is 5.11. The highest BCUT2D eigenvalue weighted by Gasteiger charge is 2.05. The van der Waals surface area contributed by atoms with Gasteiger partial charge in [0.2, 0.25) is 0 Å². The molecule has 0 aliphatic heterocycles. The lowest BCUT2D eigenvalue weighted by atomic mass is 10.2. The molecule has 0 aromatic heterocycles. The maximum Gasteiger partial charge on any atom is 0.417 e. The Morgan fingerprint density at radius 2 is 1.44 bits per heavy atom. The van der Waals surface area contributed by atoms with Crippen LogP contribution in [0.2, 0.25) is 0 Å². The highest BCUT2D eigenvalue weighted by atomic mass is 32.2. The summed E-state index contributed by atoms with van der Waals surface area (Å²) in [5.41, 5.74) is 0.511. The number of nitrogens with zero attached hydrogens (tertiary/aromatic N) is 1. The van der Waals surface area contributed by atoms with E-state index in [0.29, 0.717) is 17.1 Å². The zero-order valence-electron chi connectivity index (χ0n) is 9.28. The Kier molecular flexibility index (Phi) is 3.94. The summed E-state index contributed by atoms with van der Waals surface area (Å²) in [6.07, 6.45) is 0. The second kappa shape index (κ2) is 5.84. The highest BCUT2D eigenvalue weighted by Crippen LogP contribution is 2.15. The molecule has 4 nitrogen and oxygen atoms in total. The van der Waals surface area contributed by atoms with E-state index in [1.165, 1.54) is 0 Å². The van der Waals surface area contributed by atoms with Gasteiger partial charge in [0.25, 0.3) is 0 Å². The van der Waals surface area contributed by atoms with Gasteiger partial charge in [-0.05, 0) is 36.4 Å². The van der Waals surface area contributed by atoms with Crippen molar-refractivity contribution in [3.8, 4) is 17.6 Å². The summed E-state index contributed by atoms with van der Waals surface area (Å²) < 4.78 is 21.7. The molecule has 0 fully saturated rings. The Morgan fingerprint density at radius 1 is 0.889 bits per heavy atom. The first-order valence-corrected chi connectivity index (χ1v) is 6.11. The van der Waals surface area contributed by atoms with Gasteiger partial charge in [0.1, 0.15) is 11.5 Å². The molecule has 0 saturated carbocycles. The van der Waals surface area contributed by atoms with Crippen molar-refractivity contribution in [2.24, 2.45) is 0 Å². The van der Waals surface area contributed by atoms with Crippen molar-refractivity contribution in [1.29, 1.82) is 5.26 Å². The van der Waals surface area contributed by atoms with Crippen LogP contribution in [0.25, 0.3) is 0 Å². The van der Waals surface area contributed by atoms with Gasteiger partial charge < -0.3 is 8.37 Å². The third kappa shape index (κ3) is 3.34. The van der Waals surface area contributed by atoms with Crippen LogP contribution in [0, 0.1) is 11.3 Å². The molecule has 2 aromatic rings. The maximum absolute atomic E-state index is 11.5. The minimum absolute atomic E-state index is 0.378. The van der Waals surface area contributed by atoms with Crippen LogP contribution in [0.1, 0.15) is 5.56 Å². The predicted octanol–water partition coefficient (Wildman–Crippen LogP) is 2.59. The topological polar surface area (TPSA) is 59.3 Å². The number of hydrogen-bond acceptors (Lipinski definition) is 4. The molecule has 1 atom stereocenters. The molecule has 5 heteroatoms. The van der Waals surface area contributed by atoms with Gasteiger partial charge in [-0.3, -0.25) is 0 Å². The Hall–Kier alpha value is -2.32. The number of hydrogen-bond donors (Lipinski definition) is 0. The molecular formula is C13H9NO3S. The quantitative estimate of drug-likeness (QED) is 0.846. The molecule has 0 saturated heterocycles. The van der Waals surface area contributed by atoms with Gasteiger partial charge >= 0.3 is 11.4 Å². The summed E-state index contributed by atoms with van der Waals surface area (Å²) >= 11 is -1.91. The van der Waals surface area contributed by atoms with E-state index in [1.807, 2.05) is 12.1 Å². The van der Waals surface area contributed by atoms with Crippen molar-refractivity contribution in [2.75, 3.05) is 0 Å². The third-order valence-corrected chi connectivity index (χ3v) is 2.71. The van der Waals surface area contributed by atoms with Crippen molar-refractivity contribution < 1.29 is 12.6 Å². The fourth-order valence-electron chi connectivity index (χ4n) is 1.24. The molecule has 0 N–H and O–H groups in total. The lowest BCUT2D eigenvalue weighted by molar-refractivity contribution is 0.462. The zero-order chi connectivity index (χ0) is 12.8. The second-order valence-corrected chi connectivity index (χ2v) is 4.06. The standard InChI is InChI=1S/C13H9NO3S/c14-10-11-6-8-13(9-7-11)17-18(15)16-12-4-2-1-3-5-12/h1-9H. The monoisotopic (exact) mass is 259 g/mol. The minimum atomic E-state index is -1.91. The van der Waals surface area contributed by atoms with Crippen molar-refractivity contribution >= 4 is 11.4 Å². The minimum Gasteiger partial charge on any atom is -0.371 e. The van der Waals surface area contributed by atoms with Gasteiger partial charge in [-0.15, -0.1) is 0 Å². The molecule has 2 aromatic carbocycles. The lowest BCUT2D eigenvalue weighted by Crippen LogP contribution is -2.07. The molecule has 0 amide bonds. The largest absolute Gasteiger partial charge is 0.417 e. The van der Waals surface area contributed by atoms with Crippen LogP contribution >= 0.6 is 0 Å². The number of benzene rings is 2. The number of rotatable bonds is 4. The third-order valence-electron chi connectivity index (χ3n) is 2.06. The summed E-state index contributed by atoms with van der Waals surface area (Å²) in [6.45, 7) is 0. The summed E-state index contributed by atoms with van der Waals surface area (Å²) in [7, 11) is 0. The van der Waals surface area contributed by atoms with Crippen LogP contribution in [0.4, 0.5) is 0 Å². The maximum atomic E-state index is 11.5. The molecule has 0 spiro atoms. The van der Waals surface area contributed by atoms with E-state index in [-0.39, 0.29) is 0 Å². The molecule has 2 rings (SSSR count). The summed E-state index contributed by atoms with van der Waals surface area (Å²) in [5, 5.41) is 8.63. The van der Waals surface area contributed by atoms with Crippen molar-refractivity contribution in [2.45, 2.75) is 0 Å². The first-order chi connectivity index (χ1) is 8.78. The van der Waals surface area contributed by atoms with Gasteiger partial charge in [0.05, 0.1) is 11.6 Å². The Balaban J connectivity index is 1.97. The fourth-order valence-corrected chi connectivity index (χ4v) is 1.81. The van der Waals surface area contributed by atoms with E-state index in [1.54, 1.807) is 48.5 Å². The van der Waals surface area contributed by atoms with Crippen LogP contribution in [0.3, 0.4) is 0 Å². The van der Waals surface area contributed by atoms with Crippen LogP contribution in [0.5, 0.6) is 11.5 Å². The van der Waals surface area contributed by atoms with Gasteiger partial charge in [-0.25, -0.2) is 0 Å². The summed E-state index contributed by atoms with van der Waals surface area (Å²) in [5.74, 6) is 0.841. The fraction of sp³-hybridized carbons (Fsp3) is 0. The van der Waals surface area contributed by atoms with E-state index in [9.17, 15) is 4.21 Å². The van der Waals surface area contributed by atoms with E-state index < -0.39 is 11.4 Å². The summed E-state index contributed by atoms with van der Waals surface area (Å²) in [4.78, 5) is 0. The zero-order valence-corrected chi connectivity index (χ0v) is 10.1. The van der Waals surface area contributed by atoms with E-state index in [4.69, 9.17) is 13.6 Å². The Morgan fingerprint density at radius 3 is 2.00 bits per heavy atom. The normalized spacial score (nSPS) is 11.3. The number of para-hydroxylation sites is 1. The molecule has 0 heterocycles. The average Bonchev–Trinajstić information content (AvgIpc) is 2.40. The van der Waals surface area contributed by atoms with Crippen molar-refractivity contribution in [1.82, 2.24) is 0 Å². The molecule has 18 heavy (non-hydrogen) atoms. The lowest BCUT2D eigenvalue weighted by Gasteiger charge is -2.05. The Bertz CT molecular complexity index is 575. The molecule has 0 aliphatic carbocycles. The van der Waals surface area contributed by atoms with Crippen molar-refractivity contribution in [3.05, 3.63) is 60.2 Å². The van der Waals surface area contributed by atoms with Crippen LogP contribution in [-0.4, -0.2) is 4.21 Å². The number of nitriles is 1. The van der Waals surface area contributed by atoms with Crippen molar-refractivity contribution in [3.63, 3.8) is 0 Å². The Labute approximate surface area is 107 Å². The van der Waals surface area contributed by atoms with Gasteiger partial charge in [-0.2, -0.15) is 9.47 Å². The van der Waals surface area contributed by atoms with E-state index >= 15 is 0 Å². The molecular weight excluding hydrogens is 250 g/mol. The van der Waals surface area contributed by atoms with Gasteiger partial charge in [0, 0.05) is 0 Å². The SMILES string of the molecule is N#Cc1ccc(OS(=O)Oc2ccccc2)cc1. The van der Waals surface area contributed by atoms with E-state index in [0.717, 1.165) is 0 Å². The summed E-state index contributed by atoms with van der Waals surface area (Å²) in [6, 6.07) is 17.0. The average molecular weight is 259 g/mol. The van der Waals surface area contributed by atoms with Gasteiger partial charge in [0.15, 0.2) is 0 Å². The van der Waals surface area contributed by atoms with E-state index in [2.05, 4.69) is 0 Å². The van der Waals surface area contributed by atoms with Gasteiger partial charge in [-0.1, -0.05) is 18.2 Å². The molecule has 90 valence electrons. The molecule has 1 unspecified atom stereocenters. The van der Waals surface area contributed by atoms with Crippen LogP contribution in [-0.2, 0) is 11.4 Å².